The van der Waals surface area contributed by atoms with Crippen LogP contribution < -0.4 is 5.32 Å². The second-order valence-electron chi connectivity index (χ2n) is 4.95. The van der Waals surface area contributed by atoms with Gasteiger partial charge in [-0.2, -0.15) is 8.78 Å². The second-order valence-corrected chi connectivity index (χ2v) is 7.11. The molecule has 0 aliphatic heterocycles. The Bertz CT molecular complexity index is 532. The second kappa shape index (κ2) is 6.05. The predicted octanol–water partition coefficient (Wildman–Crippen LogP) is 3.36. The summed E-state index contributed by atoms with van der Waals surface area (Å²) >= 11 is 5.76. The summed E-state index contributed by atoms with van der Waals surface area (Å²) in [6, 6.07) is 5.62. The first kappa shape index (κ1) is 16.2. The Hall–Kier alpha value is -0.880. The molecule has 0 saturated heterocycles. The van der Waals surface area contributed by atoms with Crippen LogP contribution in [-0.4, -0.2) is 26.6 Å². The molecule has 0 unspecified atom stereocenters. The minimum atomic E-state index is -4.61. The fraction of sp³-hybridized carbons (Fsp3) is 0.500. The first-order valence-corrected chi connectivity index (χ1v) is 7.70. The lowest BCUT2D eigenvalue weighted by atomic mass is 9.96. The van der Waals surface area contributed by atoms with Crippen molar-refractivity contribution in [1.82, 2.24) is 0 Å². The maximum atomic E-state index is 12.6. The van der Waals surface area contributed by atoms with E-state index >= 15 is 0 Å². The van der Waals surface area contributed by atoms with Crippen LogP contribution in [0, 0.1) is 5.41 Å². The maximum Gasteiger partial charge on any atom is 0.341 e. The van der Waals surface area contributed by atoms with E-state index < -0.39 is 20.5 Å². The highest BCUT2D eigenvalue weighted by atomic mass is 35.5. The average molecular weight is 312 g/mol. The van der Waals surface area contributed by atoms with Crippen molar-refractivity contribution < 1.29 is 17.2 Å². The minimum Gasteiger partial charge on any atom is -0.383 e. The van der Waals surface area contributed by atoms with E-state index in [1.54, 1.807) is 6.07 Å². The standard InChI is InChI=1S/C12H16ClF2NO2S/c1-12(2,7-13)8-16-9-5-3-4-6-10(9)19(17,18)11(14)15/h3-6,11,16H,7-8H2,1-2H3. The topological polar surface area (TPSA) is 46.2 Å². The molecule has 0 spiro atoms. The molecule has 0 amide bonds. The molecular weight excluding hydrogens is 296 g/mol. The maximum absolute atomic E-state index is 12.6. The molecule has 0 fully saturated rings. The fourth-order valence-electron chi connectivity index (χ4n) is 1.34. The van der Waals surface area contributed by atoms with Crippen LogP contribution in [0.2, 0.25) is 0 Å². The van der Waals surface area contributed by atoms with Gasteiger partial charge in [0, 0.05) is 12.4 Å². The number of hydrogen-bond acceptors (Lipinski definition) is 3. The molecular formula is C12H16ClF2NO2S. The zero-order valence-corrected chi connectivity index (χ0v) is 12.2. The molecule has 0 bridgehead atoms. The molecule has 0 aromatic heterocycles. The molecule has 1 rings (SSSR count). The van der Waals surface area contributed by atoms with E-state index in [4.69, 9.17) is 11.6 Å². The lowest BCUT2D eigenvalue weighted by Crippen LogP contribution is -2.25. The van der Waals surface area contributed by atoms with Crippen molar-refractivity contribution in [3.05, 3.63) is 24.3 Å². The van der Waals surface area contributed by atoms with Gasteiger partial charge in [-0.1, -0.05) is 26.0 Å². The lowest BCUT2D eigenvalue weighted by molar-refractivity contribution is 0.235. The van der Waals surface area contributed by atoms with E-state index in [1.807, 2.05) is 13.8 Å². The summed E-state index contributed by atoms with van der Waals surface area (Å²) in [7, 11) is -4.61. The van der Waals surface area contributed by atoms with Crippen LogP contribution in [0.15, 0.2) is 29.2 Å². The molecule has 108 valence electrons. The van der Waals surface area contributed by atoms with Crippen molar-refractivity contribution in [2.24, 2.45) is 5.41 Å². The van der Waals surface area contributed by atoms with Gasteiger partial charge in [0.15, 0.2) is 0 Å². The van der Waals surface area contributed by atoms with E-state index in [9.17, 15) is 17.2 Å². The molecule has 0 aliphatic rings. The highest BCUT2D eigenvalue weighted by Crippen LogP contribution is 2.27. The monoisotopic (exact) mass is 311 g/mol. The van der Waals surface area contributed by atoms with Crippen molar-refractivity contribution in [1.29, 1.82) is 0 Å². The van der Waals surface area contributed by atoms with Crippen LogP contribution in [0.1, 0.15) is 13.8 Å². The van der Waals surface area contributed by atoms with Crippen molar-refractivity contribution in [2.75, 3.05) is 17.7 Å². The van der Waals surface area contributed by atoms with Gasteiger partial charge in [-0.15, -0.1) is 11.6 Å². The van der Waals surface area contributed by atoms with Crippen LogP contribution in [-0.2, 0) is 9.84 Å². The van der Waals surface area contributed by atoms with E-state index in [0.717, 1.165) is 6.07 Å². The summed E-state index contributed by atoms with van der Waals surface area (Å²) in [6.45, 7) is 4.15. The molecule has 0 heterocycles. The molecule has 1 aromatic rings. The summed E-state index contributed by atoms with van der Waals surface area (Å²) in [5.74, 6) is -3.07. The number of sulfone groups is 1. The summed E-state index contributed by atoms with van der Waals surface area (Å²) in [5.41, 5.74) is -0.107. The SMILES string of the molecule is CC(C)(CCl)CNc1ccccc1S(=O)(=O)C(F)F. The Balaban J connectivity index is 3.05. The van der Waals surface area contributed by atoms with Crippen LogP contribution >= 0.6 is 11.6 Å². The van der Waals surface area contributed by atoms with Gasteiger partial charge >= 0.3 is 5.76 Å². The minimum absolute atomic E-state index is 0.168. The predicted molar refractivity (Wildman–Crippen MR) is 72.6 cm³/mol. The Morgan fingerprint density at radius 1 is 1.32 bits per heavy atom. The average Bonchev–Trinajstić information content (AvgIpc) is 2.36. The molecule has 0 radical (unpaired) electrons. The Morgan fingerprint density at radius 3 is 2.42 bits per heavy atom. The zero-order valence-electron chi connectivity index (χ0n) is 10.7. The van der Waals surface area contributed by atoms with Gasteiger partial charge in [0.25, 0.3) is 0 Å². The van der Waals surface area contributed by atoms with Crippen LogP contribution in [0.25, 0.3) is 0 Å². The molecule has 0 saturated carbocycles. The number of rotatable bonds is 6. The molecule has 7 heteroatoms. The van der Waals surface area contributed by atoms with Crippen LogP contribution in [0.5, 0.6) is 0 Å². The Morgan fingerprint density at radius 2 is 1.89 bits per heavy atom. The largest absolute Gasteiger partial charge is 0.383 e. The van der Waals surface area contributed by atoms with Crippen molar-refractivity contribution in [2.45, 2.75) is 24.5 Å². The molecule has 1 N–H and O–H groups in total. The zero-order chi connectivity index (χ0) is 14.7. The number of benzene rings is 1. The summed E-state index contributed by atoms with van der Waals surface area (Å²) < 4.78 is 48.2. The number of hydrogen-bond donors (Lipinski definition) is 1. The van der Waals surface area contributed by atoms with E-state index in [-0.39, 0.29) is 11.1 Å². The van der Waals surface area contributed by atoms with Crippen molar-refractivity contribution >= 4 is 27.1 Å². The molecule has 0 aliphatic carbocycles. The summed E-state index contributed by atoms with van der Waals surface area (Å²) in [5, 5.41) is 2.87. The van der Waals surface area contributed by atoms with E-state index in [1.165, 1.54) is 12.1 Å². The lowest BCUT2D eigenvalue weighted by Gasteiger charge is -2.23. The van der Waals surface area contributed by atoms with Gasteiger partial charge in [-0.05, 0) is 17.5 Å². The van der Waals surface area contributed by atoms with Crippen molar-refractivity contribution in [3.8, 4) is 0 Å². The molecule has 19 heavy (non-hydrogen) atoms. The molecule has 3 nitrogen and oxygen atoms in total. The first-order valence-electron chi connectivity index (χ1n) is 5.61. The number of alkyl halides is 3. The Kier molecular flexibility index (Phi) is 5.15. The normalized spacial score (nSPS) is 12.7. The van der Waals surface area contributed by atoms with Gasteiger partial charge in [0.05, 0.1) is 10.6 Å². The van der Waals surface area contributed by atoms with Gasteiger partial charge < -0.3 is 5.32 Å². The molecule has 0 atom stereocenters. The van der Waals surface area contributed by atoms with Gasteiger partial charge in [0.1, 0.15) is 0 Å². The highest BCUT2D eigenvalue weighted by Gasteiger charge is 2.29. The third-order valence-corrected chi connectivity index (χ3v) is 4.71. The van der Waals surface area contributed by atoms with Crippen LogP contribution in [0.3, 0.4) is 0 Å². The van der Waals surface area contributed by atoms with Crippen molar-refractivity contribution in [3.63, 3.8) is 0 Å². The smallest absolute Gasteiger partial charge is 0.341 e. The third kappa shape index (κ3) is 4.04. The first-order chi connectivity index (χ1) is 8.70. The number of nitrogens with one attached hydrogen (secondary N) is 1. The summed E-state index contributed by atoms with van der Waals surface area (Å²) in [6.07, 6.45) is 0. The van der Waals surface area contributed by atoms with Gasteiger partial charge in [-0.3, -0.25) is 0 Å². The van der Waals surface area contributed by atoms with Gasteiger partial charge in [-0.25, -0.2) is 8.42 Å². The van der Waals surface area contributed by atoms with E-state index in [0.29, 0.717) is 12.4 Å². The third-order valence-electron chi connectivity index (χ3n) is 2.55. The van der Waals surface area contributed by atoms with Crippen LogP contribution in [0.4, 0.5) is 14.5 Å². The summed E-state index contributed by atoms with van der Waals surface area (Å²) in [4.78, 5) is -0.393. The Labute approximate surface area is 116 Å². The number of halogens is 3. The van der Waals surface area contributed by atoms with E-state index in [2.05, 4.69) is 5.32 Å². The number of anilines is 1. The molecule has 1 aromatic carbocycles. The highest BCUT2D eigenvalue weighted by molar-refractivity contribution is 7.91. The van der Waals surface area contributed by atoms with Gasteiger partial charge in [0.2, 0.25) is 9.84 Å². The number of para-hydroxylation sites is 1. The fourth-order valence-corrected chi connectivity index (χ4v) is 2.34. The quantitative estimate of drug-likeness (QED) is 0.819.